The molecule has 0 fully saturated rings. The molecule has 0 amide bonds. The van der Waals surface area contributed by atoms with Crippen molar-refractivity contribution in [1.29, 1.82) is 0 Å². The van der Waals surface area contributed by atoms with Crippen molar-refractivity contribution in [1.82, 2.24) is 15.4 Å². The summed E-state index contributed by atoms with van der Waals surface area (Å²) >= 11 is 0. The van der Waals surface area contributed by atoms with Crippen LogP contribution in [-0.4, -0.2) is 53.4 Å². The maximum Gasteiger partial charge on any atom is 0.208 e. The van der Waals surface area contributed by atoms with E-state index in [2.05, 4.69) is 20.3 Å². The van der Waals surface area contributed by atoms with Crippen molar-refractivity contribution in [3.63, 3.8) is 0 Å². The van der Waals surface area contributed by atoms with Gasteiger partial charge in [0.05, 0.1) is 19.3 Å². The minimum Gasteiger partial charge on any atom is -0.489 e. The predicted molar refractivity (Wildman–Crippen MR) is 88.7 cm³/mol. The van der Waals surface area contributed by atoms with E-state index in [1.165, 1.54) is 6.07 Å². The zero-order valence-corrected chi connectivity index (χ0v) is 14.4. The van der Waals surface area contributed by atoms with Crippen LogP contribution in [0.25, 0.3) is 0 Å². The predicted octanol–water partition coefficient (Wildman–Crippen LogP) is 0.448. The number of hydrogen-bond donors (Lipinski definition) is 3. The van der Waals surface area contributed by atoms with Crippen molar-refractivity contribution >= 4 is 16.0 Å². The van der Waals surface area contributed by atoms with Crippen molar-refractivity contribution in [3.8, 4) is 5.75 Å². The van der Waals surface area contributed by atoms with Gasteiger partial charge in [-0.2, -0.15) is 0 Å². The molecular weight excluding hydrogens is 342 g/mol. The number of rotatable bonds is 9. The Morgan fingerprint density at radius 2 is 2.00 bits per heavy atom. The second kappa shape index (κ2) is 10.0. The average Bonchev–Trinajstić information content (AvgIpc) is 2.48. The van der Waals surface area contributed by atoms with Crippen LogP contribution in [0.5, 0.6) is 5.75 Å². The quantitative estimate of drug-likeness (QED) is 0.336. The van der Waals surface area contributed by atoms with Crippen molar-refractivity contribution in [2.24, 2.45) is 4.99 Å². The summed E-state index contributed by atoms with van der Waals surface area (Å²) in [6, 6.07) is 3.09. The molecule has 0 aliphatic rings. The number of halogens is 2. The van der Waals surface area contributed by atoms with E-state index in [9.17, 15) is 17.2 Å². The van der Waals surface area contributed by atoms with Crippen LogP contribution in [-0.2, 0) is 10.0 Å². The molecule has 136 valence electrons. The summed E-state index contributed by atoms with van der Waals surface area (Å²) < 4.78 is 55.6. The monoisotopic (exact) mass is 364 g/mol. The van der Waals surface area contributed by atoms with Crippen molar-refractivity contribution < 1.29 is 21.9 Å². The van der Waals surface area contributed by atoms with E-state index in [1.54, 1.807) is 0 Å². The third-order valence-electron chi connectivity index (χ3n) is 2.64. The molecule has 24 heavy (non-hydrogen) atoms. The summed E-state index contributed by atoms with van der Waals surface area (Å²) in [7, 11) is -3.24. The Morgan fingerprint density at radius 1 is 1.25 bits per heavy atom. The number of hydrogen-bond acceptors (Lipinski definition) is 4. The third-order valence-corrected chi connectivity index (χ3v) is 3.36. The Morgan fingerprint density at radius 3 is 2.62 bits per heavy atom. The molecule has 0 heterocycles. The lowest BCUT2D eigenvalue weighted by molar-refractivity contribution is 0.304. The van der Waals surface area contributed by atoms with E-state index in [0.717, 1.165) is 18.4 Å². The van der Waals surface area contributed by atoms with Crippen LogP contribution in [0.15, 0.2) is 23.2 Å². The van der Waals surface area contributed by atoms with Crippen LogP contribution in [0.3, 0.4) is 0 Å². The van der Waals surface area contributed by atoms with Crippen LogP contribution in [0.1, 0.15) is 6.92 Å². The zero-order chi connectivity index (χ0) is 18.0. The van der Waals surface area contributed by atoms with Gasteiger partial charge in [-0.15, -0.1) is 0 Å². The Balaban J connectivity index is 2.37. The number of guanidine groups is 1. The highest BCUT2D eigenvalue weighted by atomic mass is 32.2. The largest absolute Gasteiger partial charge is 0.489 e. The summed E-state index contributed by atoms with van der Waals surface area (Å²) in [5, 5.41) is 5.94. The van der Waals surface area contributed by atoms with Crippen LogP contribution >= 0.6 is 0 Å². The molecule has 0 aliphatic carbocycles. The molecule has 0 radical (unpaired) electrons. The van der Waals surface area contributed by atoms with Gasteiger partial charge in [0.1, 0.15) is 12.4 Å². The van der Waals surface area contributed by atoms with Crippen molar-refractivity contribution in [2.75, 3.05) is 39.0 Å². The molecule has 0 saturated heterocycles. The van der Waals surface area contributed by atoms with Crippen LogP contribution in [0.2, 0.25) is 0 Å². The summed E-state index contributed by atoms with van der Waals surface area (Å²) in [6.45, 7) is 3.44. The fraction of sp³-hybridized carbons (Fsp3) is 0.500. The van der Waals surface area contributed by atoms with Gasteiger partial charge in [0.25, 0.3) is 0 Å². The summed E-state index contributed by atoms with van der Waals surface area (Å²) in [5.74, 6) is -0.974. The van der Waals surface area contributed by atoms with Gasteiger partial charge < -0.3 is 15.4 Å². The van der Waals surface area contributed by atoms with E-state index in [0.29, 0.717) is 19.0 Å². The average molecular weight is 364 g/mol. The van der Waals surface area contributed by atoms with Crippen LogP contribution in [0.4, 0.5) is 8.78 Å². The first-order valence-electron chi connectivity index (χ1n) is 7.36. The Hall–Kier alpha value is -1.94. The minimum atomic E-state index is -3.24. The molecular formula is C14H22F2N4O3S. The molecule has 1 rings (SSSR count). The Bertz CT molecular complexity index is 653. The van der Waals surface area contributed by atoms with Gasteiger partial charge in [-0.25, -0.2) is 21.9 Å². The highest BCUT2D eigenvalue weighted by Crippen LogP contribution is 2.17. The van der Waals surface area contributed by atoms with Crippen molar-refractivity contribution in [2.45, 2.75) is 6.92 Å². The molecule has 3 N–H and O–H groups in total. The molecule has 0 bridgehead atoms. The fourth-order valence-electron chi connectivity index (χ4n) is 1.66. The van der Waals surface area contributed by atoms with E-state index in [4.69, 9.17) is 4.74 Å². The van der Waals surface area contributed by atoms with E-state index < -0.39 is 21.7 Å². The first-order chi connectivity index (χ1) is 11.3. The Kier molecular flexibility index (Phi) is 8.41. The zero-order valence-electron chi connectivity index (χ0n) is 13.6. The normalized spacial score (nSPS) is 12.1. The lowest BCUT2D eigenvalue weighted by atomic mass is 10.3. The minimum absolute atomic E-state index is 0.0301. The molecule has 1 aromatic carbocycles. The van der Waals surface area contributed by atoms with Crippen molar-refractivity contribution in [3.05, 3.63) is 29.8 Å². The number of sulfonamides is 1. The van der Waals surface area contributed by atoms with Gasteiger partial charge >= 0.3 is 0 Å². The Labute approximate surface area is 140 Å². The smallest absolute Gasteiger partial charge is 0.208 e. The van der Waals surface area contributed by atoms with Gasteiger partial charge in [-0.1, -0.05) is 0 Å². The topological polar surface area (TPSA) is 91.8 Å². The summed E-state index contributed by atoms with van der Waals surface area (Å²) in [6.07, 6.45) is 1.08. The SMILES string of the molecule is CCNC(=NCCNS(C)(=O)=O)NCCOc1ccc(F)cc1F. The second-order valence-corrected chi connectivity index (χ2v) is 6.61. The number of nitrogens with zero attached hydrogens (tertiary/aromatic N) is 1. The standard InChI is InChI=1S/C14H22F2N4O3S/c1-3-17-14(18-6-7-20-24(2,21)22)19-8-9-23-13-5-4-11(15)10-12(13)16/h4-5,10,20H,3,6-9H2,1-2H3,(H2,17,18,19). The molecule has 1 aromatic rings. The van der Waals surface area contributed by atoms with Crippen LogP contribution < -0.4 is 20.1 Å². The van der Waals surface area contributed by atoms with Gasteiger partial charge in [0, 0.05) is 19.2 Å². The lowest BCUT2D eigenvalue weighted by Gasteiger charge is -2.12. The maximum absolute atomic E-state index is 13.4. The first kappa shape index (κ1) is 20.1. The summed E-state index contributed by atoms with van der Waals surface area (Å²) in [4.78, 5) is 4.18. The number of nitrogens with one attached hydrogen (secondary N) is 3. The maximum atomic E-state index is 13.4. The second-order valence-electron chi connectivity index (χ2n) is 4.78. The molecule has 0 saturated carbocycles. The van der Waals surface area contributed by atoms with E-state index in [-0.39, 0.29) is 25.4 Å². The van der Waals surface area contributed by atoms with Gasteiger partial charge in [0.15, 0.2) is 17.5 Å². The third kappa shape index (κ3) is 8.63. The van der Waals surface area contributed by atoms with E-state index in [1.807, 2.05) is 6.92 Å². The fourth-order valence-corrected chi connectivity index (χ4v) is 2.13. The summed E-state index contributed by atoms with van der Waals surface area (Å²) in [5.41, 5.74) is 0. The number of aliphatic imine (C=N–C) groups is 1. The first-order valence-corrected chi connectivity index (χ1v) is 9.25. The molecule has 10 heteroatoms. The highest BCUT2D eigenvalue weighted by Gasteiger charge is 2.05. The molecule has 0 aromatic heterocycles. The molecule has 0 spiro atoms. The van der Waals surface area contributed by atoms with Gasteiger partial charge in [0.2, 0.25) is 10.0 Å². The number of benzene rings is 1. The molecule has 0 unspecified atom stereocenters. The van der Waals surface area contributed by atoms with Gasteiger partial charge in [-0.3, -0.25) is 4.99 Å². The molecule has 7 nitrogen and oxygen atoms in total. The lowest BCUT2D eigenvalue weighted by Crippen LogP contribution is -2.40. The molecule has 0 atom stereocenters. The van der Waals surface area contributed by atoms with E-state index >= 15 is 0 Å². The highest BCUT2D eigenvalue weighted by molar-refractivity contribution is 7.88. The number of ether oxygens (including phenoxy) is 1. The molecule has 0 aliphatic heterocycles. The van der Waals surface area contributed by atoms with Gasteiger partial charge in [-0.05, 0) is 19.1 Å². The van der Waals surface area contributed by atoms with Crippen LogP contribution in [0, 0.1) is 11.6 Å².